The molecule has 0 spiro atoms. The zero-order valence-corrected chi connectivity index (χ0v) is 21.4. The molecule has 1 aliphatic heterocycles. The third kappa shape index (κ3) is 5.65. The van der Waals surface area contributed by atoms with Crippen LogP contribution in [0.1, 0.15) is 43.2 Å². The molecule has 3 aromatic carbocycles. The molecule has 1 heterocycles. The number of hydrogen-bond acceptors (Lipinski definition) is 6. The van der Waals surface area contributed by atoms with Crippen LogP contribution in [0, 0.1) is 0 Å². The number of rotatable bonds is 9. The van der Waals surface area contributed by atoms with Crippen molar-refractivity contribution in [1.82, 2.24) is 5.32 Å². The number of hydrogen-bond donors (Lipinski definition) is 1. The second-order valence-electron chi connectivity index (χ2n) is 9.38. The van der Waals surface area contributed by atoms with Gasteiger partial charge in [0.15, 0.2) is 5.78 Å². The van der Waals surface area contributed by atoms with Crippen molar-refractivity contribution in [3.63, 3.8) is 0 Å². The molecule has 38 heavy (non-hydrogen) atoms. The summed E-state index contributed by atoms with van der Waals surface area (Å²) in [6.07, 6.45) is 2.00. The molecular weight excluding hydrogens is 478 g/mol. The molecule has 0 aromatic heterocycles. The highest BCUT2D eigenvalue weighted by molar-refractivity contribution is 6.04. The van der Waals surface area contributed by atoms with Crippen molar-refractivity contribution >= 4 is 11.8 Å². The zero-order chi connectivity index (χ0) is 26.3. The quantitative estimate of drug-likeness (QED) is 0.288. The van der Waals surface area contributed by atoms with Crippen molar-refractivity contribution in [2.45, 2.75) is 38.7 Å². The average Bonchev–Trinajstić information content (AvgIpc) is 2.95. The molecule has 194 valence electrons. The Balaban J connectivity index is 1.42. The van der Waals surface area contributed by atoms with E-state index in [1.54, 1.807) is 0 Å². The molecular formula is C32H31NO5. The van der Waals surface area contributed by atoms with Gasteiger partial charge in [-0.05, 0) is 43.5 Å². The number of carbonyl (C=O) groups excluding carboxylic acids is 2. The molecule has 0 radical (unpaired) electrons. The lowest BCUT2D eigenvalue weighted by Crippen LogP contribution is -2.34. The summed E-state index contributed by atoms with van der Waals surface area (Å²) >= 11 is 0. The number of para-hydroxylation sites is 2. The predicted octanol–water partition coefficient (Wildman–Crippen LogP) is 5.86. The molecule has 5 rings (SSSR count). The molecule has 0 unspecified atom stereocenters. The number of carbonyl (C=O) groups is 2. The van der Waals surface area contributed by atoms with E-state index in [1.807, 2.05) is 91.9 Å². The third-order valence-electron chi connectivity index (χ3n) is 6.79. The summed E-state index contributed by atoms with van der Waals surface area (Å²) in [6.45, 7) is 2.55. The standard InChI is InChI=1S/C32H31NO5/c1-22-29(32(35)37-20-19-36-24-13-6-3-7-14-24)30(31-26(33-22)16-10-17-27(31)34)25-15-8-9-18-28(25)38-21-23-11-4-2-5-12-23/h2-9,11-15,18,30,33H,10,16-17,19-21H2,1H3/t30-/m0/s1. The van der Waals surface area contributed by atoms with E-state index >= 15 is 0 Å². The first kappa shape index (κ1) is 25.3. The first-order valence-corrected chi connectivity index (χ1v) is 13.0. The van der Waals surface area contributed by atoms with Gasteiger partial charge in [0.1, 0.15) is 31.3 Å². The van der Waals surface area contributed by atoms with Crippen LogP contribution in [-0.2, 0) is 20.9 Å². The highest BCUT2D eigenvalue weighted by atomic mass is 16.6. The van der Waals surface area contributed by atoms with E-state index in [0.29, 0.717) is 41.4 Å². The lowest BCUT2D eigenvalue weighted by atomic mass is 9.75. The molecule has 1 N–H and O–H groups in total. The van der Waals surface area contributed by atoms with Crippen molar-refractivity contribution in [2.75, 3.05) is 13.2 Å². The number of ketones is 1. The normalized spacial score (nSPS) is 17.0. The van der Waals surface area contributed by atoms with Crippen LogP contribution in [-0.4, -0.2) is 25.0 Å². The summed E-state index contributed by atoms with van der Waals surface area (Å²) in [5, 5.41) is 3.34. The average molecular weight is 510 g/mol. The molecule has 0 saturated heterocycles. The molecule has 6 nitrogen and oxygen atoms in total. The summed E-state index contributed by atoms with van der Waals surface area (Å²) in [5.74, 6) is 0.349. The van der Waals surface area contributed by atoms with Crippen molar-refractivity contribution in [2.24, 2.45) is 0 Å². The highest BCUT2D eigenvalue weighted by Crippen LogP contribution is 2.45. The van der Waals surface area contributed by atoms with Crippen LogP contribution >= 0.6 is 0 Å². The molecule has 1 aliphatic carbocycles. The fourth-order valence-electron chi connectivity index (χ4n) is 5.04. The van der Waals surface area contributed by atoms with Gasteiger partial charge in [-0.25, -0.2) is 4.79 Å². The lowest BCUT2D eigenvalue weighted by Gasteiger charge is -2.34. The van der Waals surface area contributed by atoms with Crippen molar-refractivity contribution < 1.29 is 23.8 Å². The Labute approximate surface area is 222 Å². The maximum Gasteiger partial charge on any atom is 0.336 e. The van der Waals surface area contributed by atoms with E-state index in [2.05, 4.69) is 5.32 Å². The van der Waals surface area contributed by atoms with Gasteiger partial charge in [-0.3, -0.25) is 4.79 Å². The minimum atomic E-state index is -0.575. The number of allylic oxidation sites excluding steroid dienone is 3. The highest BCUT2D eigenvalue weighted by Gasteiger charge is 2.40. The molecule has 0 fully saturated rings. The first-order valence-electron chi connectivity index (χ1n) is 13.0. The molecule has 0 amide bonds. The Morgan fingerprint density at radius 2 is 1.58 bits per heavy atom. The Hall–Kier alpha value is -4.32. The van der Waals surface area contributed by atoms with Gasteiger partial charge in [0.05, 0.1) is 11.5 Å². The summed E-state index contributed by atoms with van der Waals surface area (Å²) in [7, 11) is 0. The van der Waals surface area contributed by atoms with Crippen LogP contribution in [0.15, 0.2) is 107 Å². The Morgan fingerprint density at radius 1 is 0.868 bits per heavy atom. The zero-order valence-electron chi connectivity index (χ0n) is 21.4. The van der Waals surface area contributed by atoms with Gasteiger partial charge in [0.25, 0.3) is 0 Å². The number of nitrogens with one attached hydrogen (secondary N) is 1. The van der Waals surface area contributed by atoms with Crippen LogP contribution in [0.25, 0.3) is 0 Å². The van der Waals surface area contributed by atoms with E-state index < -0.39 is 11.9 Å². The fraction of sp³-hybridized carbons (Fsp3) is 0.250. The minimum Gasteiger partial charge on any atom is -0.490 e. The van der Waals surface area contributed by atoms with Crippen molar-refractivity contribution in [3.8, 4) is 11.5 Å². The summed E-state index contributed by atoms with van der Waals surface area (Å²) in [6, 6.07) is 26.9. The van der Waals surface area contributed by atoms with Gasteiger partial charge < -0.3 is 19.5 Å². The summed E-state index contributed by atoms with van der Waals surface area (Å²) < 4.78 is 17.6. The molecule has 3 aromatic rings. The molecule has 1 atom stereocenters. The van der Waals surface area contributed by atoms with Crippen molar-refractivity contribution in [1.29, 1.82) is 0 Å². The lowest BCUT2D eigenvalue weighted by molar-refractivity contribution is -0.140. The topological polar surface area (TPSA) is 73.9 Å². The largest absolute Gasteiger partial charge is 0.490 e. The summed E-state index contributed by atoms with van der Waals surface area (Å²) in [5.41, 5.74) is 4.44. The smallest absolute Gasteiger partial charge is 0.336 e. The maximum atomic E-state index is 13.5. The maximum absolute atomic E-state index is 13.5. The first-order chi connectivity index (χ1) is 18.6. The van der Waals surface area contributed by atoms with Gasteiger partial charge in [0, 0.05) is 29.0 Å². The van der Waals surface area contributed by atoms with E-state index in [-0.39, 0.29) is 19.0 Å². The molecule has 6 heteroatoms. The SMILES string of the molecule is CC1=C(C(=O)OCCOc2ccccc2)[C@H](c2ccccc2OCc2ccccc2)C2=C(CCCC2=O)N1. The monoisotopic (exact) mass is 509 g/mol. The summed E-state index contributed by atoms with van der Waals surface area (Å²) in [4.78, 5) is 26.8. The van der Waals surface area contributed by atoms with Crippen LogP contribution < -0.4 is 14.8 Å². The van der Waals surface area contributed by atoms with E-state index in [1.165, 1.54) is 0 Å². The second kappa shape index (κ2) is 11.8. The van der Waals surface area contributed by atoms with E-state index in [4.69, 9.17) is 14.2 Å². The number of Topliss-reactive ketones (excluding diaryl/α,β-unsaturated/α-hetero) is 1. The molecule has 0 bridgehead atoms. The van der Waals surface area contributed by atoms with Gasteiger partial charge in [0.2, 0.25) is 0 Å². The van der Waals surface area contributed by atoms with Gasteiger partial charge in [-0.15, -0.1) is 0 Å². The fourth-order valence-corrected chi connectivity index (χ4v) is 5.04. The Morgan fingerprint density at radius 3 is 2.37 bits per heavy atom. The number of esters is 1. The number of dihydropyridines is 1. The van der Waals surface area contributed by atoms with Crippen molar-refractivity contribution in [3.05, 3.63) is 119 Å². The van der Waals surface area contributed by atoms with Crippen LogP contribution in [0.2, 0.25) is 0 Å². The van der Waals surface area contributed by atoms with Crippen LogP contribution in [0.5, 0.6) is 11.5 Å². The van der Waals surface area contributed by atoms with Gasteiger partial charge in [-0.1, -0.05) is 66.7 Å². The predicted molar refractivity (Wildman–Crippen MR) is 145 cm³/mol. The Bertz CT molecular complexity index is 1360. The molecule has 0 saturated carbocycles. The van der Waals surface area contributed by atoms with Crippen LogP contribution in [0.4, 0.5) is 0 Å². The van der Waals surface area contributed by atoms with E-state index in [9.17, 15) is 9.59 Å². The molecule has 2 aliphatic rings. The third-order valence-corrected chi connectivity index (χ3v) is 6.79. The second-order valence-corrected chi connectivity index (χ2v) is 9.38. The number of benzene rings is 3. The number of ether oxygens (including phenoxy) is 3. The van der Waals surface area contributed by atoms with Gasteiger partial charge >= 0.3 is 5.97 Å². The van der Waals surface area contributed by atoms with E-state index in [0.717, 1.165) is 29.7 Å². The minimum absolute atomic E-state index is 0.0480. The Kier molecular flexibility index (Phi) is 7.88. The van der Waals surface area contributed by atoms with Gasteiger partial charge in [-0.2, -0.15) is 0 Å². The van der Waals surface area contributed by atoms with Crippen LogP contribution in [0.3, 0.4) is 0 Å².